The first-order valence-electron chi connectivity index (χ1n) is 11.3. The Morgan fingerprint density at radius 1 is 0.941 bits per heavy atom. The maximum Gasteiger partial charge on any atom is 0.255 e. The van der Waals surface area contributed by atoms with Crippen LogP contribution in [0, 0.1) is 5.82 Å². The van der Waals surface area contributed by atoms with Crippen molar-refractivity contribution in [3.63, 3.8) is 0 Å². The zero-order valence-corrected chi connectivity index (χ0v) is 19.9. The molecule has 0 radical (unpaired) electrons. The van der Waals surface area contributed by atoms with Gasteiger partial charge >= 0.3 is 0 Å². The summed E-state index contributed by atoms with van der Waals surface area (Å²) in [5.74, 6) is -0.874. The van der Waals surface area contributed by atoms with E-state index in [0.717, 1.165) is 29.3 Å². The molecule has 1 heterocycles. The Hall–Kier alpha value is -3.39. The number of hydrogen-bond donors (Lipinski definition) is 1. The van der Waals surface area contributed by atoms with Crippen molar-refractivity contribution in [2.45, 2.75) is 25.8 Å². The quantitative estimate of drug-likeness (QED) is 0.514. The summed E-state index contributed by atoms with van der Waals surface area (Å²) < 4.78 is 39.8. The Morgan fingerprint density at radius 3 is 2.21 bits per heavy atom. The molecule has 4 rings (SSSR count). The van der Waals surface area contributed by atoms with Gasteiger partial charge in [-0.05, 0) is 73.4 Å². The number of hydrogen-bond acceptors (Lipinski definition) is 4. The number of carbonyl (C=O) groups is 1. The fourth-order valence-electron chi connectivity index (χ4n) is 4.07. The van der Waals surface area contributed by atoms with Crippen molar-refractivity contribution in [3.05, 3.63) is 89.7 Å². The first-order valence-corrected chi connectivity index (χ1v) is 13.1. The average Bonchev–Trinajstić information content (AvgIpc) is 2.84. The molecule has 3 aromatic rings. The lowest BCUT2D eigenvalue weighted by Gasteiger charge is -2.28. The smallest absolute Gasteiger partial charge is 0.255 e. The van der Waals surface area contributed by atoms with Gasteiger partial charge in [0.05, 0.1) is 18.5 Å². The molecule has 0 aliphatic carbocycles. The van der Waals surface area contributed by atoms with E-state index in [1.165, 1.54) is 37.5 Å². The second-order valence-electron chi connectivity index (χ2n) is 8.47. The molecule has 3 aromatic carbocycles. The van der Waals surface area contributed by atoms with Crippen molar-refractivity contribution in [3.8, 4) is 0 Å². The van der Waals surface area contributed by atoms with Crippen LogP contribution in [0.15, 0.2) is 72.8 Å². The van der Waals surface area contributed by atoms with E-state index < -0.39 is 15.8 Å². The zero-order chi connectivity index (χ0) is 24.1. The summed E-state index contributed by atoms with van der Waals surface area (Å²) in [7, 11) is -3.71. The molecule has 1 fully saturated rings. The zero-order valence-electron chi connectivity index (χ0n) is 19.1. The molecule has 8 heteroatoms. The third-order valence-electron chi connectivity index (χ3n) is 5.91. The van der Waals surface area contributed by atoms with Crippen LogP contribution in [0.3, 0.4) is 0 Å². The normalized spacial score (nSPS) is 14.0. The van der Waals surface area contributed by atoms with Crippen LogP contribution in [0.2, 0.25) is 0 Å². The number of piperidine rings is 1. The van der Waals surface area contributed by atoms with Gasteiger partial charge in [0.15, 0.2) is 0 Å². The number of anilines is 3. The second kappa shape index (κ2) is 10.3. The Bertz CT molecular complexity index is 1240. The van der Waals surface area contributed by atoms with E-state index in [1.807, 2.05) is 24.3 Å². The molecule has 178 valence electrons. The summed E-state index contributed by atoms with van der Waals surface area (Å²) in [4.78, 5) is 15.0. The lowest BCUT2D eigenvalue weighted by molar-refractivity contribution is 0.102. The highest BCUT2D eigenvalue weighted by Crippen LogP contribution is 2.25. The number of sulfonamides is 1. The molecule has 1 saturated heterocycles. The summed E-state index contributed by atoms with van der Waals surface area (Å²) >= 11 is 0. The lowest BCUT2D eigenvalue weighted by Crippen LogP contribution is -2.30. The molecular formula is C26H28FN3O3S. The average molecular weight is 482 g/mol. The van der Waals surface area contributed by atoms with Gasteiger partial charge in [-0.3, -0.25) is 9.10 Å². The van der Waals surface area contributed by atoms with Crippen LogP contribution in [0.4, 0.5) is 21.5 Å². The minimum Gasteiger partial charge on any atom is -0.372 e. The van der Waals surface area contributed by atoms with E-state index in [9.17, 15) is 17.6 Å². The SMILES string of the molecule is CS(=O)(=O)N(Cc1ccc(C(=O)Nc2ccc(N3CCCCC3)cc2)cc1)c1ccccc1F. The predicted octanol–water partition coefficient (Wildman–Crippen LogP) is 5.03. The molecule has 0 bridgehead atoms. The Labute approximate surface area is 200 Å². The molecule has 0 saturated carbocycles. The minimum absolute atomic E-state index is 0.0141. The highest BCUT2D eigenvalue weighted by Gasteiger charge is 2.21. The number of amides is 1. The maximum atomic E-state index is 14.2. The van der Waals surface area contributed by atoms with Crippen molar-refractivity contribution in [1.29, 1.82) is 0 Å². The second-order valence-corrected chi connectivity index (χ2v) is 10.4. The van der Waals surface area contributed by atoms with Gasteiger partial charge in [0, 0.05) is 30.0 Å². The highest BCUT2D eigenvalue weighted by molar-refractivity contribution is 7.92. The van der Waals surface area contributed by atoms with Crippen LogP contribution in [-0.2, 0) is 16.6 Å². The third kappa shape index (κ3) is 5.75. The largest absolute Gasteiger partial charge is 0.372 e. The van der Waals surface area contributed by atoms with E-state index in [0.29, 0.717) is 16.8 Å². The van der Waals surface area contributed by atoms with Crippen molar-refractivity contribution >= 4 is 33.0 Å². The molecule has 1 N–H and O–H groups in total. The molecule has 6 nitrogen and oxygen atoms in total. The standard InChI is InChI=1S/C26H28FN3O3S/c1-34(32,33)30(25-8-4-3-7-24(25)27)19-20-9-11-21(12-10-20)26(31)28-22-13-15-23(16-14-22)29-17-5-2-6-18-29/h3-4,7-16H,2,5-6,17-19H2,1H3,(H,28,31). The molecule has 1 aliphatic heterocycles. The Balaban J connectivity index is 1.42. The Kier molecular flexibility index (Phi) is 7.17. The number of rotatable bonds is 7. The number of benzene rings is 3. The number of carbonyl (C=O) groups excluding carboxylic acids is 1. The molecule has 1 aliphatic rings. The molecule has 0 aromatic heterocycles. The summed E-state index contributed by atoms with van der Waals surface area (Å²) in [5.41, 5.74) is 2.93. The molecule has 34 heavy (non-hydrogen) atoms. The summed E-state index contributed by atoms with van der Waals surface area (Å²) in [6.07, 6.45) is 4.73. The highest BCUT2D eigenvalue weighted by atomic mass is 32.2. The topological polar surface area (TPSA) is 69.7 Å². The van der Waals surface area contributed by atoms with Crippen molar-refractivity contribution in [2.75, 3.05) is 33.9 Å². The summed E-state index contributed by atoms with van der Waals surface area (Å²) in [5, 5.41) is 2.89. The lowest BCUT2D eigenvalue weighted by atomic mass is 10.1. The van der Waals surface area contributed by atoms with E-state index >= 15 is 0 Å². The number of halogens is 1. The number of nitrogens with zero attached hydrogens (tertiary/aromatic N) is 2. The van der Waals surface area contributed by atoms with E-state index in [4.69, 9.17) is 0 Å². The van der Waals surface area contributed by atoms with E-state index in [2.05, 4.69) is 10.2 Å². The molecule has 0 unspecified atom stereocenters. The minimum atomic E-state index is -3.71. The van der Waals surface area contributed by atoms with Gasteiger partial charge in [0.1, 0.15) is 5.82 Å². The first-order chi connectivity index (χ1) is 16.3. The van der Waals surface area contributed by atoms with Crippen LogP contribution in [0.5, 0.6) is 0 Å². The monoisotopic (exact) mass is 481 g/mol. The molecule has 0 atom stereocenters. The van der Waals surface area contributed by atoms with E-state index in [-0.39, 0.29) is 18.1 Å². The predicted molar refractivity (Wildman–Crippen MR) is 134 cm³/mol. The van der Waals surface area contributed by atoms with Gasteiger partial charge in [0.25, 0.3) is 5.91 Å². The van der Waals surface area contributed by atoms with Gasteiger partial charge < -0.3 is 10.2 Å². The first kappa shape index (κ1) is 23.8. The number of nitrogens with one attached hydrogen (secondary N) is 1. The van der Waals surface area contributed by atoms with Crippen LogP contribution >= 0.6 is 0 Å². The van der Waals surface area contributed by atoms with Crippen LogP contribution < -0.4 is 14.5 Å². The Morgan fingerprint density at radius 2 is 1.59 bits per heavy atom. The van der Waals surface area contributed by atoms with Crippen LogP contribution in [0.1, 0.15) is 35.2 Å². The van der Waals surface area contributed by atoms with Crippen molar-refractivity contribution < 1.29 is 17.6 Å². The fourth-order valence-corrected chi connectivity index (χ4v) is 4.96. The van der Waals surface area contributed by atoms with E-state index in [1.54, 1.807) is 30.3 Å². The maximum absolute atomic E-state index is 14.2. The van der Waals surface area contributed by atoms with Gasteiger partial charge in [-0.2, -0.15) is 0 Å². The van der Waals surface area contributed by atoms with Gasteiger partial charge in [-0.15, -0.1) is 0 Å². The fraction of sp³-hybridized carbons (Fsp3) is 0.269. The summed E-state index contributed by atoms with van der Waals surface area (Å²) in [6.45, 7) is 2.08. The van der Waals surface area contributed by atoms with Gasteiger partial charge in [0.2, 0.25) is 10.0 Å². The molecule has 0 spiro atoms. The van der Waals surface area contributed by atoms with Crippen molar-refractivity contribution in [2.24, 2.45) is 0 Å². The third-order valence-corrected chi connectivity index (χ3v) is 7.04. The van der Waals surface area contributed by atoms with Crippen LogP contribution in [0.25, 0.3) is 0 Å². The van der Waals surface area contributed by atoms with Crippen molar-refractivity contribution in [1.82, 2.24) is 0 Å². The van der Waals surface area contributed by atoms with Gasteiger partial charge in [-0.25, -0.2) is 12.8 Å². The molecule has 1 amide bonds. The number of para-hydroxylation sites is 1. The van der Waals surface area contributed by atoms with Gasteiger partial charge in [-0.1, -0.05) is 24.3 Å². The summed E-state index contributed by atoms with van der Waals surface area (Å²) in [6, 6.07) is 20.2. The van der Waals surface area contributed by atoms with Crippen LogP contribution in [-0.4, -0.2) is 33.7 Å². The molecular weight excluding hydrogens is 453 g/mol.